The van der Waals surface area contributed by atoms with E-state index >= 15 is 0 Å². The normalized spacial score (nSPS) is 13.0. The zero-order chi connectivity index (χ0) is 45.2. The van der Waals surface area contributed by atoms with Gasteiger partial charge in [0.25, 0.3) is 0 Å². The minimum absolute atomic E-state index is 0.455. The lowest BCUT2D eigenvalue weighted by molar-refractivity contribution is 0.794. The van der Waals surface area contributed by atoms with Crippen LogP contribution in [0.2, 0.25) is 0 Å². The van der Waals surface area contributed by atoms with E-state index in [0.717, 1.165) is 22.7 Å². The van der Waals surface area contributed by atoms with Gasteiger partial charge in [-0.2, -0.15) is 0 Å². The van der Waals surface area contributed by atoms with E-state index in [0.29, 0.717) is 0 Å². The number of rotatable bonds is 5. The van der Waals surface area contributed by atoms with Gasteiger partial charge in [0.05, 0.1) is 27.8 Å². The molecule has 2 aliphatic rings. The molecule has 2 heteroatoms. The Bertz CT molecular complexity index is 4210. The smallest absolute Gasteiger partial charge is 0.0726 e. The van der Waals surface area contributed by atoms with Gasteiger partial charge in [0.2, 0.25) is 0 Å². The summed E-state index contributed by atoms with van der Waals surface area (Å²) in [6, 6.07) is 94.9. The Morgan fingerprint density at radius 3 is 1.64 bits per heavy atom. The number of para-hydroxylation sites is 1. The van der Waals surface area contributed by atoms with Crippen LogP contribution in [0.1, 0.15) is 22.3 Å². The van der Waals surface area contributed by atoms with Gasteiger partial charge in [0, 0.05) is 38.5 Å². The van der Waals surface area contributed by atoms with Gasteiger partial charge in [-0.25, -0.2) is 0 Å². The number of fused-ring (bicyclic) bond motifs is 18. The third-order valence-corrected chi connectivity index (χ3v) is 15.4. The fourth-order valence-electron chi connectivity index (χ4n) is 12.5. The summed E-state index contributed by atoms with van der Waals surface area (Å²) in [5, 5.41) is 9.92. The van der Waals surface area contributed by atoms with E-state index in [1.807, 2.05) is 0 Å². The van der Waals surface area contributed by atoms with E-state index in [-0.39, 0.29) is 0 Å². The molecule has 0 radical (unpaired) electrons. The standard InChI is InChI=1S/C67H42N2/c1-2-19-47(20-3-1)69-64-41-45(36-39-55(64)56-40-35-44-17-4-7-22-50(44)66(56)69)43-33-37-48(38-34-43)68(63-42-46-18-5-6-21-49(46)51-23-8-9-26-54(51)63)62-32-16-31-61-65(62)57-27-12-15-30-60(57)67(61)58-28-13-10-24-52(58)53-25-11-14-29-59(53)67/h1-42H. The first-order chi connectivity index (χ1) is 34.3. The molecule has 0 amide bonds. The first-order valence-electron chi connectivity index (χ1n) is 24.0. The lowest BCUT2D eigenvalue weighted by Crippen LogP contribution is -2.26. The molecular weight excluding hydrogens is 833 g/mol. The highest BCUT2D eigenvalue weighted by molar-refractivity contribution is 6.19. The predicted molar refractivity (Wildman–Crippen MR) is 290 cm³/mol. The lowest BCUT2D eigenvalue weighted by Gasteiger charge is -2.32. The van der Waals surface area contributed by atoms with E-state index < -0.39 is 5.41 Å². The average molecular weight is 875 g/mol. The Kier molecular flexibility index (Phi) is 8.02. The molecule has 0 saturated heterocycles. The lowest BCUT2D eigenvalue weighted by atomic mass is 9.70. The molecule has 1 heterocycles. The van der Waals surface area contributed by atoms with Gasteiger partial charge in [0.1, 0.15) is 0 Å². The molecule has 12 aromatic carbocycles. The third-order valence-electron chi connectivity index (χ3n) is 15.4. The summed E-state index contributed by atoms with van der Waals surface area (Å²) in [5.74, 6) is 0. The van der Waals surface area contributed by atoms with Crippen LogP contribution in [0.4, 0.5) is 17.1 Å². The van der Waals surface area contributed by atoms with Gasteiger partial charge >= 0.3 is 0 Å². The first-order valence-corrected chi connectivity index (χ1v) is 24.0. The fraction of sp³-hybridized carbons (Fsp3) is 0.0149. The Labute approximate surface area is 400 Å². The second kappa shape index (κ2) is 14.5. The van der Waals surface area contributed by atoms with Crippen molar-refractivity contribution in [1.29, 1.82) is 0 Å². The summed E-state index contributed by atoms with van der Waals surface area (Å²) < 4.78 is 2.46. The van der Waals surface area contributed by atoms with Gasteiger partial charge in [-0.3, -0.25) is 0 Å². The molecule has 0 bridgehead atoms. The highest BCUT2D eigenvalue weighted by atomic mass is 15.1. The molecule has 0 N–H and O–H groups in total. The maximum Gasteiger partial charge on any atom is 0.0726 e. The number of aromatic nitrogens is 1. The molecule has 13 aromatic rings. The molecule has 0 fully saturated rings. The van der Waals surface area contributed by atoms with Crippen molar-refractivity contribution in [3.05, 3.63) is 277 Å². The Balaban J connectivity index is 0.966. The molecule has 0 atom stereocenters. The Morgan fingerprint density at radius 1 is 0.319 bits per heavy atom. The summed E-state index contributed by atoms with van der Waals surface area (Å²) in [6.45, 7) is 0. The molecule has 69 heavy (non-hydrogen) atoms. The van der Waals surface area contributed by atoms with Gasteiger partial charge in [0.15, 0.2) is 0 Å². The number of nitrogens with zero attached hydrogens (tertiary/aromatic N) is 2. The second-order valence-electron chi connectivity index (χ2n) is 18.7. The quantitative estimate of drug-likeness (QED) is 0.156. The topological polar surface area (TPSA) is 8.17 Å². The van der Waals surface area contributed by atoms with Crippen LogP contribution in [0, 0.1) is 0 Å². The second-order valence-corrected chi connectivity index (χ2v) is 18.7. The van der Waals surface area contributed by atoms with Crippen LogP contribution in [0.25, 0.3) is 93.2 Å². The minimum atomic E-state index is -0.455. The first kappa shape index (κ1) is 38.2. The number of anilines is 3. The maximum atomic E-state index is 2.54. The number of hydrogen-bond donors (Lipinski definition) is 0. The van der Waals surface area contributed by atoms with Crippen molar-refractivity contribution >= 4 is 71.2 Å². The maximum absolute atomic E-state index is 2.54. The van der Waals surface area contributed by atoms with Crippen LogP contribution in [0.15, 0.2) is 255 Å². The SMILES string of the molecule is c1ccc(-n2c3cc(-c4ccc(N(c5cccc6c5-c5ccccc5C65c6ccccc6-c6ccccc65)c5cc6ccccc6c6ccccc56)cc4)ccc3c3ccc4ccccc4c32)cc1. The highest BCUT2D eigenvalue weighted by Crippen LogP contribution is 2.65. The molecule has 2 aliphatic carbocycles. The number of benzene rings is 12. The summed E-state index contributed by atoms with van der Waals surface area (Å²) in [4.78, 5) is 2.54. The highest BCUT2D eigenvalue weighted by Gasteiger charge is 2.52. The summed E-state index contributed by atoms with van der Waals surface area (Å²) >= 11 is 0. The average Bonchev–Trinajstić information content (AvgIpc) is 4.04. The van der Waals surface area contributed by atoms with E-state index in [1.165, 1.54) is 110 Å². The van der Waals surface area contributed by atoms with E-state index in [4.69, 9.17) is 0 Å². The van der Waals surface area contributed by atoms with Crippen LogP contribution in [0.3, 0.4) is 0 Å². The molecule has 1 spiro atoms. The van der Waals surface area contributed by atoms with E-state index in [2.05, 4.69) is 264 Å². The van der Waals surface area contributed by atoms with Crippen molar-refractivity contribution in [2.24, 2.45) is 0 Å². The zero-order valence-corrected chi connectivity index (χ0v) is 37.6. The van der Waals surface area contributed by atoms with Crippen LogP contribution < -0.4 is 4.90 Å². The van der Waals surface area contributed by atoms with Gasteiger partial charge in [-0.1, -0.05) is 212 Å². The van der Waals surface area contributed by atoms with Crippen molar-refractivity contribution < 1.29 is 0 Å². The third kappa shape index (κ3) is 5.26. The fourth-order valence-corrected chi connectivity index (χ4v) is 12.5. The van der Waals surface area contributed by atoms with Crippen LogP contribution >= 0.6 is 0 Å². The van der Waals surface area contributed by atoms with Crippen molar-refractivity contribution in [1.82, 2.24) is 4.57 Å². The van der Waals surface area contributed by atoms with Crippen molar-refractivity contribution in [3.63, 3.8) is 0 Å². The van der Waals surface area contributed by atoms with Crippen molar-refractivity contribution in [2.75, 3.05) is 4.90 Å². The molecule has 0 unspecified atom stereocenters. The molecular formula is C67H42N2. The van der Waals surface area contributed by atoms with Gasteiger partial charge in [-0.15, -0.1) is 0 Å². The van der Waals surface area contributed by atoms with Crippen LogP contribution in [0.5, 0.6) is 0 Å². The monoisotopic (exact) mass is 874 g/mol. The van der Waals surface area contributed by atoms with Gasteiger partial charge < -0.3 is 9.47 Å². The van der Waals surface area contributed by atoms with Crippen molar-refractivity contribution in [3.8, 4) is 39.1 Å². The van der Waals surface area contributed by atoms with Crippen molar-refractivity contribution in [2.45, 2.75) is 5.41 Å². The summed E-state index contributed by atoms with van der Waals surface area (Å²) in [6.07, 6.45) is 0. The molecule has 0 aliphatic heterocycles. The summed E-state index contributed by atoms with van der Waals surface area (Å²) in [5.41, 5.74) is 19.4. The molecule has 320 valence electrons. The number of hydrogen-bond acceptors (Lipinski definition) is 1. The molecule has 15 rings (SSSR count). The molecule has 2 nitrogen and oxygen atoms in total. The van der Waals surface area contributed by atoms with Crippen LogP contribution in [-0.2, 0) is 5.41 Å². The Hall–Kier alpha value is -8.98. The van der Waals surface area contributed by atoms with E-state index in [9.17, 15) is 0 Å². The molecule has 0 saturated carbocycles. The largest absolute Gasteiger partial charge is 0.309 e. The molecule has 1 aromatic heterocycles. The zero-order valence-electron chi connectivity index (χ0n) is 37.6. The Morgan fingerprint density at radius 2 is 0.884 bits per heavy atom. The minimum Gasteiger partial charge on any atom is -0.309 e. The predicted octanol–water partition coefficient (Wildman–Crippen LogP) is 17.7. The van der Waals surface area contributed by atoms with E-state index in [1.54, 1.807) is 0 Å². The van der Waals surface area contributed by atoms with Crippen LogP contribution in [-0.4, -0.2) is 4.57 Å². The van der Waals surface area contributed by atoms with Gasteiger partial charge in [-0.05, 0) is 114 Å². The summed E-state index contributed by atoms with van der Waals surface area (Å²) in [7, 11) is 0.